The van der Waals surface area contributed by atoms with Crippen LogP contribution in [0.1, 0.15) is 60.7 Å². The fourth-order valence-electron chi connectivity index (χ4n) is 12.9. The van der Waals surface area contributed by atoms with Crippen molar-refractivity contribution in [1.82, 2.24) is 68.7 Å². The number of likely N-dealkylation sites (tertiary alicyclic amines) is 2. The number of halogens is 2. The van der Waals surface area contributed by atoms with Gasteiger partial charge in [-0.1, -0.05) is 36.5 Å². The van der Waals surface area contributed by atoms with Crippen LogP contribution in [0.4, 0.5) is 42.6 Å². The fourth-order valence-corrected chi connectivity index (χ4v) is 14.6. The van der Waals surface area contributed by atoms with Crippen molar-refractivity contribution in [2.24, 2.45) is 11.8 Å². The van der Waals surface area contributed by atoms with Crippen LogP contribution >= 0.6 is 22.7 Å². The number of piperazine rings is 2. The highest BCUT2D eigenvalue weighted by atomic mass is 32.1. The molecule has 12 heterocycles. The van der Waals surface area contributed by atoms with Crippen molar-refractivity contribution in [3.8, 4) is 56.9 Å². The Balaban J connectivity index is 0.000000147. The second-order valence-electron chi connectivity index (χ2n) is 25.2. The van der Waals surface area contributed by atoms with Gasteiger partial charge < -0.3 is 34.9 Å². The van der Waals surface area contributed by atoms with Crippen LogP contribution < -0.4 is 24.9 Å². The van der Waals surface area contributed by atoms with Gasteiger partial charge in [-0.3, -0.25) is 28.2 Å². The van der Waals surface area contributed by atoms with Crippen molar-refractivity contribution in [1.29, 1.82) is 10.5 Å². The Morgan fingerprint density at radius 2 is 0.959 bits per heavy atom. The average molecular weight is 1340 g/mol. The molecule has 496 valence electrons. The molecule has 27 heteroatoms. The number of imidazole rings is 2. The number of nitrogens with zero attached hydrogens (tertiary/aromatic N) is 19. The van der Waals surface area contributed by atoms with E-state index >= 15 is 0 Å². The van der Waals surface area contributed by atoms with Gasteiger partial charge in [-0.25, -0.2) is 48.7 Å². The molecule has 23 nitrogen and oxygen atoms in total. The first kappa shape index (κ1) is 64.4. The summed E-state index contributed by atoms with van der Waals surface area (Å²) in [6.07, 6.45) is 18.0. The number of nitriles is 2. The predicted molar refractivity (Wildman–Crippen MR) is 369 cm³/mol. The zero-order valence-corrected chi connectivity index (χ0v) is 55.9. The number of aliphatic carboxylic acids is 1. The Morgan fingerprint density at radius 1 is 0.557 bits per heavy atom. The van der Waals surface area contributed by atoms with Crippen LogP contribution in [0.2, 0.25) is 0 Å². The zero-order chi connectivity index (χ0) is 67.0. The SMILES string of the molecule is CCc1nc2ccc(-c3cnc(N4CCN(C(=O)C5CN(C6CC6)C5)CC4)nc3)cn2c1N(C)c1nc(-c2ccc(F)cc2)c(C#N)s1.CCc1nc2ccc(-c3cnc(N4CCNCC4)nc3)cn2c1N(C)c1nc(-c2ccc(F)cc2)c(C#N)s1.O=C(O)C1CN(C2CC2)C1. The maximum absolute atomic E-state index is 13.6. The van der Waals surface area contributed by atoms with Crippen LogP contribution in [0, 0.1) is 46.1 Å². The van der Waals surface area contributed by atoms with E-state index in [1.807, 2.05) is 99.0 Å². The maximum atomic E-state index is 13.6. The summed E-state index contributed by atoms with van der Waals surface area (Å²) in [5.41, 5.74) is 9.56. The van der Waals surface area contributed by atoms with Crippen molar-refractivity contribution in [2.45, 2.75) is 64.5 Å². The number of anilines is 6. The number of aryl methyl sites for hydroxylation is 2. The summed E-state index contributed by atoms with van der Waals surface area (Å²) in [7, 11) is 3.85. The molecule has 1 amide bonds. The second kappa shape index (κ2) is 27.7. The van der Waals surface area contributed by atoms with Gasteiger partial charge in [-0.15, -0.1) is 0 Å². The molecule has 0 atom stereocenters. The molecule has 0 unspecified atom stereocenters. The van der Waals surface area contributed by atoms with Gasteiger partial charge in [0.05, 0.1) is 23.2 Å². The quantitative estimate of drug-likeness (QED) is 0.0913. The van der Waals surface area contributed by atoms with Gasteiger partial charge in [0, 0.05) is 175 Å². The predicted octanol–water partition coefficient (Wildman–Crippen LogP) is 9.83. The van der Waals surface area contributed by atoms with E-state index in [0.717, 1.165) is 133 Å². The average Bonchev–Trinajstić information content (AvgIpc) is 1.63. The topological polar surface area (TPSA) is 249 Å². The molecule has 4 saturated heterocycles. The van der Waals surface area contributed by atoms with E-state index in [2.05, 4.69) is 60.9 Å². The molecular weight excluding hydrogens is 1270 g/mol. The molecule has 6 fully saturated rings. The number of carboxylic acid groups (broad SMARTS) is 1. The van der Waals surface area contributed by atoms with E-state index in [0.29, 0.717) is 87.0 Å². The fraction of sp³-hybridized carbons (Fsp3) is 0.371. The first-order valence-corrected chi connectivity index (χ1v) is 34.5. The van der Waals surface area contributed by atoms with Crippen LogP contribution in [0.5, 0.6) is 0 Å². The second-order valence-corrected chi connectivity index (χ2v) is 27.1. The summed E-state index contributed by atoms with van der Waals surface area (Å²) in [5, 5.41) is 32.8. The molecule has 8 aromatic heterocycles. The number of amides is 1. The summed E-state index contributed by atoms with van der Waals surface area (Å²) < 4.78 is 31.1. The van der Waals surface area contributed by atoms with E-state index in [4.69, 9.17) is 35.0 Å². The van der Waals surface area contributed by atoms with Crippen LogP contribution in [-0.2, 0) is 22.4 Å². The third-order valence-electron chi connectivity index (χ3n) is 18.7. The zero-order valence-electron chi connectivity index (χ0n) is 54.3. The monoisotopic (exact) mass is 1340 g/mol. The number of nitrogens with one attached hydrogen (secondary N) is 1. The lowest BCUT2D eigenvalue weighted by atomic mass is 9.98. The van der Waals surface area contributed by atoms with Crippen molar-refractivity contribution in [2.75, 3.05) is 112 Å². The Hall–Kier alpha value is -9.90. The van der Waals surface area contributed by atoms with E-state index < -0.39 is 5.97 Å². The lowest BCUT2D eigenvalue weighted by molar-refractivity contribution is -0.147. The highest BCUT2D eigenvalue weighted by Gasteiger charge is 2.43. The van der Waals surface area contributed by atoms with E-state index in [1.165, 1.54) is 72.6 Å². The van der Waals surface area contributed by atoms with Crippen molar-refractivity contribution in [3.63, 3.8) is 0 Å². The minimum absolute atomic E-state index is 0.0689. The van der Waals surface area contributed by atoms with Gasteiger partial charge in [-0.05, 0) is 111 Å². The van der Waals surface area contributed by atoms with Crippen molar-refractivity contribution in [3.05, 3.63) is 143 Å². The Bertz CT molecular complexity index is 4590. The number of hydrogen-bond donors (Lipinski definition) is 2. The number of carbonyl (C=O) groups excluding carboxylic acids is 1. The largest absolute Gasteiger partial charge is 0.481 e. The molecule has 6 aliphatic rings. The number of fused-ring (bicyclic) bond motifs is 2. The number of pyridine rings is 2. The van der Waals surface area contributed by atoms with Gasteiger partial charge >= 0.3 is 5.97 Å². The van der Waals surface area contributed by atoms with Gasteiger partial charge in [0.2, 0.25) is 17.8 Å². The Kier molecular flexibility index (Phi) is 18.4. The Morgan fingerprint density at radius 3 is 1.35 bits per heavy atom. The Labute approximate surface area is 567 Å². The molecule has 0 bridgehead atoms. The van der Waals surface area contributed by atoms with E-state index in [-0.39, 0.29) is 23.5 Å². The highest BCUT2D eigenvalue weighted by Crippen LogP contribution is 2.41. The summed E-state index contributed by atoms with van der Waals surface area (Å²) >= 11 is 2.59. The molecule has 10 aromatic rings. The lowest BCUT2D eigenvalue weighted by Crippen LogP contribution is -2.58. The molecule has 0 radical (unpaired) electrons. The number of aromatic nitrogens is 10. The van der Waals surface area contributed by atoms with E-state index in [1.54, 1.807) is 24.3 Å². The molecular formula is C70H72F2N20O3S2. The molecule has 16 rings (SSSR count). The smallest absolute Gasteiger partial charge is 0.309 e. The number of thiazole rings is 2. The number of hydrogen-bond acceptors (Lipinski definition) is 21. The number of benzene rings is 2. The van der Waals surface area contributed by atoms with Gasteiger partial charge in [-0.2, -0.15) is 10.5 Å². The van der Waals surface area contributed by atoms with Gasteiger partial charge in [0.1, 0.15) is 67.8 Å². The standard InChI is InChI=1S/C35H35FN10OS.C28H26FN9S.C7H11NO2/c1-3-28-32(42(2)35-41-31(29(16-37)48-35)22-4-7-26(36)8-5-22)46-21-23(6-11-30(46)40-28)24-17-38-34(39-18-24)44-14-12-43(13-15-44)33(47)25-19-45(20-25)27-9-10-27;1-3-22-26(36(2)28-35-25(23(14-30)39-28)18-4-7-21(29)8-5-18)38-17-19(6-9-24(38)34-22)20-15-32-27(33-16-20)37-12-10-31-11-13-37;9-7(10)5-3-8(4-5)6-1-2-6/h4-8,11,17-18,21,25,27H,3,9-10,12-15,19-20H2,1-2H3;4-9,15-17,31H,3,10-13H2,1-2H3;5-6H,1-4H2,(H,9,10). The minimum atomic E-state index is -0.628. The summed E-state index contributed by atoms with van der Waals surface area (Å²) in [5.74, 6) is 2.22. The van der Waals surface area contributed by atoms with Gasteiger partial charge in [0.15, 0.2) is 10.3 Å². The molecule has 4 aliphatic heterocycles. The third-order valence-corrected chi connectivity index (χ3v) is 20.8. The molecule has 2 aliphatic carbocycles. The van der Waals surface area contributed by atoms with Crippen LogP contribution in [0.25, 0.3) is 56.1 Å². The lowest BCUT2D eigenvalue weighted by Gasteiger charge is -2.43. The molecule has 2 aromatic carbocycles. The van der Waals surface area contributed by atoms with Crippen molar-refractivity contribution >= 4 is 79.6 Å². The third kappa shape index (κ3) is 13.5. The molecule has 2 saturated carbocycles. The molecule has 97 heavy (non-hydrogen) atoms. The number of carboxylic acids is 1. The first-order valence-electron chi connectivity index (χ1n) is 32.9. The van der Waals surface area contributed by atoms with Crippen molar-refractivity contribution < 1.29 is 23.5 Å². The highest BCUT2D eigenvalue weighted by molar-refractivity contribution is 7.17. The number of rotatable bonds is 16. The van der Waals surface area contributed by atoms with Crippen LogP contribution in [0.3, 0.4) is 0 Å². The van der Waals surface area contributed by atoms with Crippen LogP contribution in [-0.4, -0.2) is 185 Å². The summed E-state index contributed by atoms with van der Waals surface area (Å²) in [4.78, 5) is 77.2. The first-order chi connectivity index (χ1) is 47.2. The number of carbonyl (C=O) groups is 2. The summed E-state index contributed by atoms with van der Waals surface area (Å²) in [6, 6.07) is 26.0. The minimum Gasteiger partial charge on any atom is -0.481 e. The molecule has 2 N–H and O–H groups in total. The molecule has 0 spiro atoms. The maximum Gasteiger partial charge on any atom is 0.309 e. The normalized spacial score (nSPS) is 16.8. The van der Waals surface area contributed by atoms with E-state index in [9.17, 15) is 28.9 Å². The summed E-state index contributed by atoms with van der Waals surface area (Å²) in [6.45, 7) is 14.0. The van der Waals surface area contributed by atoms with Gasteiger partial charge in [0.25, 0.3) is 0 Å². The van der Waals surface area contributed by atoms with Crippen LogP contribution in [0.15, 0.2) is 110 Å².